The van der Waals surface area contributed by atoms with Crippen LogP contribution in [0.15, 0.2) is 29.1 Å². The van der Waals surface area contributed by atoms with Gasteiger partial charge in [-0.25, -0.2) is 4.98 Å². The molecule has 0 aliphatic carbocycles. The predicted molar refractivity (Wildman–Crippen MR) is 68.1 cm³/mol. The van der Waals surface area contributed by atoms with Gasteiger partial charge < -0.3 is 15.6 Å². The third-order valence-corrected chi connectivity index (χ3v) is 2.52. The average Bonchev–Trinajstić information content (AvgIpc) is 2.38. The minimum absolute atomic E-state index is 0.113. The van der Waals surface area contributed by atoms with Crippen molar-refractivity contribution in [2.75, 3.05) is 13.6 Å². The molecule has 1 amide bonds. The van der Waals surface area contributed by atoms with Crippen LogP contribution in [-0.2, 0) is 11.3 Å². The van der Waals surface area contributed by atoms with Crippen molar-refractivity contribution in [3.63, 3.8) is 0 Å². The summed E-state index contributed by atoms with van der Waals surface area (Å²) in [4.78, 5) is 29.8. The molecule has 0 aliphatic rings. The van der Waals surface area contributed by atoms with Gasteiger partial charge in [0.05, 0.1) is 24.0 Å². The van der Waals surface area contributed by atoms with E-state index in [9.17, 15) is 9.59 Å². The number of nitrogens with one attached hydrogen (secondary N) is 3. The quantitative estimate of drug-likeness (QED) is 0.695. The maximum atomic E-state index is 11.8. The van der Waals surface area contributed by atoms with E-state index in [4.69, 9.17) is 0 Å². The lowest BCUT2D eigenvalue weighted by Crippen LogP contribution is -2.31. The zero-order valence-corrected chi connectivity index (χ0v) is 9.99. The highest BCUT2D eigenvalue weighted by molar-refractivity contribution is 5.78. The summed E-state index contributed by atoms with van der Waals surface area (Å²) in [6.07, 6.45) is 0. The van der Waals surface area contributed by atoms with E-state index in [2.05, 4.69) is 20.6 Å². The third kappa shape index (κ3) is 2.72. The van der Waals surface area contributed by atoms with Crippen molar-refractivity contribution in [2.45, 2.75) is 6.54 Å². The number of fused-ring (bicyclic) bond motifs is 1. The van der Waals surface area contributed by atoms with Crippen LogP contribution in [0.4, 0.5) is 0 Å². The summed E-state index contributed by atoms with van der Waals surface area (Å²) in [7, 11) is 1.57. The highest BCUT2D eigenvalue weighted by Crippen LogP contribution is 2.05. The third-order valence-electron chi connectivity index (χ3n) is 2.52. The van der Waals surface area contributed by atoms with E-state index >= 15 is 0 Å². The SMILES string of the molecule is CNC(=O)CNCc1nc2ccccc2c(=O)[nH]1. The molecule has 1 aromatic carbocycles. The van der Waals surface area contributed by atoms with Gasteiger partial charge in [0.1, 0.15) is 5.82 Å². The molecule has 18 heavy (non-hydrogen) atoms. The van der Waals surface area contributed by atoms with Crippen molar-refractivity contribution in [2.24, 2.45) is 0 Å². The number of para-hydroxylation sites is 1. The monoisotopic (exact) mass is 246 g/mol. The van der Waals surface area contributed by atoms with Gasteiger partial charge in [-0.2, -0.15) is 0 Å². The van der Waals surface area contributed by atoms with Gasteiger partial charge in [-0.05, 0) is 12.1 Å². The number of benzene rings is 1. The van der Waals surface area contributed by atoms with Gasteiger partial charge in [0, 0.05) is 7.05 Å². The van der Waals surface area contributed by atoms with Gasteiger partial charge in [0.25, 0.3) is 5.56 Å². The normalized spacial score (nSPS) is 10.5. The van der Waals surface area contributed by atoms with E-state index in [0.717, 1.165) is 0 Å². The van der Waals surface area contributed by atoms with E-state index in [-0.39, 0.29) is 18.0 Å². The Balaban J connectivity index is 2.15. The van der Waals surface area contributed by atoms with Crippen LogP contribution >= 0.6 is 0 Å². The van der Waals surface area contributed by atoms with E-state index in [0.29, 0.717) is 23.3 Å². The summed E-state index contributed by atoms with van der Waals surface area (Å²) in [5.74, 6) is 0.403. The van der Waals surface area contributed by atoms with Crippen molar-refractivity contribution in [1.29, 1.82) is 0 Å². The standard InChI is InChI=1S/C12H14N4O2/c1-13-11(17)7-14-6-10-15-9-5-3-2-4-8(9)12(18)16-10/h2-5,14H,6-7H2,1H3,(H,13,17)(H,15,16,18). The Morgan fingerprint density at radius 1 is 1.39 bits per heavy atom. The number of likely N-dealkylation sites (N-methyl/N-ethyl adjacent to an activating group) is 1. The first kappa shape index (κ1) is 12.3. The van der Waals surface area contributed by atoms with Crippen LogP contribution in [0.5, 0.6) is 0 Å². The zero-order valence-electron chi connectivity index (χ0n) is 9.99. The molecule has 0 unspecified atom stereocenters. The number of rotatable bonds is 4. The Morgan fingerprint density at radius 2 is 2.17 bits per heavy atom. The van der Waals surface area contributed by atoms with Crippen molar-refractivity contribution in [3.8, 4) is 0 Å². The van der Waals surface area contributed by atoms with Crippen molar-refractivity contribution < 1.29 is 4.79 Å². The van der Waals surface area contributed by atoms with Crippen molar-refractivity contribution in [1.82, 2.24) is 20.6 Å². The second kappa shape index (κ2) is 5.42. The van der Waals surface area contributed by atoms with Crippen molar-refractivity contribution >= 4 is 16.8 Å². The predicted octanol–water partition coefficient (Wildman–Crippen LogP) is -0.241. The summed E-state index contributed by atoms with van der Waals surface area (Å²) in [5.41, 5.74) is 0.482. The summed E-state index contributed by atoms with van der Waals surface area (Å²) < 4.78 is 0. The Morgan fingerprint density at radius 3 is 2.94 bits per heavy atom. The molecule has 0 radical (unpaired) electrons. The molecule has 1 heterocycles. The number of aromatic amines is 1. The van der Waals surface area contributed by atoms with Gasteiger partial charge in [-0.1, -0.05) is 12.1 Å². The van der Waals surface area contributed by atoms with Crippen LogP contribution in [0, 0.1) is 0 Å². The van der Waals surface area contributed by atoms with Gasteiger partial charge in [0.15, 0.2) is 0 Å². The Hall–Kier alpha value is -2.21. The topological polar surface area (TPSA) is 86.9 Å². The minimum Gasteiger partial charge on any atom is -0.358 e. The maximum Gasteiger partial charge on any atom is 0.258 e. The smallest absolute Gasteiger partial charge is 0.258 e. The van der Waals surface area contributed by atoms with Gasteiger partial charge in [-0.3, -0.25) is 9.59 Å². The second-order valence-electron chi connectivity index (χ2n) is 3.81. The van der Waals surface area contributed by atoms with E-state index in [1.54, 1.807) is 25.2 Å². The highest BCUT2D eigenvalue weighted by atomic mass is 16.1. The number of H-pyrrole nitrogens is 1. The molecule has 2 aromatic rings. The molecule has 0 spiro atoms. The first-order chi connectivity index (χ1) is 8.70. The van der Waals surface area contributed by atoms with Crippen LogP contribution < -0.4 is 16.2 Å². The van der Waals surface area contributed by atoms with E-state index in [1.165, 1.54) is 0 Å². The fraction of sp³-hybridized carbons (Fsp3) is 0.250. The molecule has 3 N–H and O–H groups in total. The number of nitrogens with zero attached hydrogens (tertiary/aromatic N) is 1. The lowest BCUT2D eigenvalue weighted by atomic mass is 10.2. The lowest BCUT2D eigenvalue weighted by molar-refractivity contribution is -0.119. The van der Waals surface area contributed by atoms with Gasteiger partial charge >= 0.3 is 0 Å². The lowest BCUT2D eigenvalue weighted by Gasteiger charge is -2.04. The molecular weight excluding hydrogens is 232 g/mol. The van der Waals surface area contributed by atoms with Gasteiger partial charge in [0.2, 0.25) is 5.91 Å². The number of aromatic nitrogens is 2. The largest absolute Gasteiger partial charge is 0.358 e. The maximum absolute atomic E-state index is 11.8. The molecule has 2 rings (SSSR count). The van der Waals surface area contributed by atoms with Gasteiger partial charge in [-0.15, -0.1) is 0 Å². The summed E-state index contributed by atoms with van der Waals surface area (Å²) in [6, 6.07) is 7.13. The van der Waals surface area contributed by atoms with Crippen LogP contribution in [0.2, 0.25) is 0 Å². The Kier molecular flexibility index (Phi) is 3.69. The molecule has 6 heteroatoms. The van der Waals surface area contributed by atoms with Crippen LogP contribution in [0.1, 0.15) is 5.82 Å². The number of hydrogen-bond acceptors (Lipinski definition) is 4. The number of carbonyl (C=O) groups excluding carboxylic acids is 1. The molecular formula is C12H14N4O2. The Bertz CT molecular complexity index is 621. The minimum atomic E-state index is -0.169. The summed E-state index contributed by atoms with van der Waals surface area (Å²) in [5, 5.41) is 5.96. The van der Waals surface area contributed by atoms with Crippen LogP contribution in [-0.4, -0.2) is 29.5 Å². The van der Waals surface area contributed by atoms with Crippen LogP contribution in [0.3, 0.4) is 0 Å². The fourth-order valence-electron chi connectivity index (χ4n) is 1.60. The number of carbonyl (C=O) groups is 1. The number of amides is 1. The van der Waals surface area contributed by atoms with E-state index in [1.807, 2.05) is 6.07 Å². The first-order valence-electron chi connectivity index (χ1n) is 5.60. The van der Waals surface area contributed by atoms with Crippen LogP contribution in [0.25, 0.3) is 10.9 Å². The molecule has 0 fully saturated rings. The zero-order chi connectivity index (χ0) is 13.0. The molecule has 0 aliphatic heterocycles. The molecule has 94 valence electrons. The molecule has 1 aromatic heterocycles. The Labute approximate surface area is 103 Å². The molecule has 0 saturated carbocycles. The molecule has 6 nitrogen and oxygen atoms in total. The number of hydrogen-bond donors (Lipinski definition) is 3. The summed E-state index contributed by atoms with van der Waals surface area (Å²) in [6.45, 7) is 0.528. The van der Waals surface area contributed by atoms with Crippen molar-refractivity contribution in [3.05, 3.63) is 40.4 Å². The molecule has 0 bridgehead atoms. The highest BCUT2D eigenvalue weighted by Gasteiger charge is 2.03. The van der Waals surface area contributed by atoms with E-state index < -0.39 is 0 Å². The average molecular weight is 246 g/mol. The molecule has 0 atom stereocenters. The fourth-order valence-corrected chi connectivity index (χ4v) is 1.60. The summed E-state index contributed by atoms with van der Waals surface area (Å²) >= 11 is 0. The molecule has 0 saturated heterocycles. The second-order valence-corrected chi connectivity index (χ2v) is 3.81. The first-order valence-corrected chi connectivity index (χ1v) is 5.60.